The summed E-state index contributed by atoms with van der Waals surface area (Å²) in [6.07, 6.45) is 4.42. The molecule has 0 radical (unpaired) electrons. The summed E-state index contributed by atoms with van der Waals surface area (Å²) in [7, 11) is 0. The van der Waals surface area contributed by atoms with Crippen molar-refractivity contribution in [1.29, 1.82) is 0 Å². The van der Waals surface area contributed by atoms with Crippen LogP contribution in [0.15, 0.2) is 78.9 Å². The Hall–Kier alpha value is -2.95. The van der Waals surface area contributed by atoms with Crippen LogP contribution in [0.3, 0.4) is 0 Å². The molecule has 188 valence electrons. The van der Waals surface area contributed by atoms with Gasteiger partial charge in [0.1, 0.15) is 5.82 Å². The maximum absolute atomic E-state index is 5.01. The first-order valence-corrected chi connectivity index (χ1v) is 13.8. The van der Waals surface area contributed by atoms with Gasteiger partial charge in [-0.1, -0.05) is 80.6 Å². The Morgan fingerprint density at radius 3 is 2.00 bits per heavy atom. The minimum Gasteiger partial charge on any atom is -0.328 e. The molecule has 4 heteroatoms. The van der Waals surface area contributed by atoms with Gasteiger partial charge in [-0.3, -0.25) is 4.90 Å². The molecule has 0 unspecified atom stereocenters. The largest absolute Gasteiger partial charge is 0.328 e. The van der Waals surface area contributed by atoms with Gasteiger partial charge in [0, 0.05) is 45.7 Å². The summed E-state index contributed by atoms with van der Waals surface area (Å²) < 4.78 is 2.43. The number of rotatable bonds is 10. The van der Waals surface area contributed by atoms with Gasteiger partial charge in [-0.05, 0) is 48.1 Å². The molecule has 1 saturated heterocycles. The summed E-state index contributed by atoms with van der Waals surface area (Å²) in [6, 6.07) is 29.2. The fourth-order valence-corrected chi connectivity index (χ4v) is 5.69. The summed E-state index contributed by atoms with van der Waals surface area (Å²) in [4.78, 5) is 10.3. The first-order valence-electron chi connectivity index (χ1n) is 13.8. The number of imidazole rings is 1. The van der Waals surface area contributed by atoms with Crippen molar-refractivity contribution in [3.05, 3.63) is 101 Å². The van der Waals surface area contributed by atoms with Crippen molar-refractivity contribution in [1.82, 2.24) is 19.4 Å². The van der Waals surface area contributed by atoms with E-state index in [1.807, 2.05) is 0 Å². The van der Waals surface area contributed by atoms with Crippen LogP contribution in [0.4, 0.5) is 0 Å². The Morgan fingerprint density at radius 2 is 1.39 bits per heavy atom. The van der Waals surface area contributed by atoms with Crippen molar-refractivity contribution < 1.29 is 0 Å². The zero-order valence-corrected chi connectivity index (χ0v) is 21.9. The molecule has 0 bridgehead atoms. The smallest absolute Gasteiger partial charge is 0.109 e. The van der Waals surface area contributed by atoms with Gasteiger partial charge >= 0.3 is 0 Å². The second-order valence-electron chi connectivity index (χ2n) is 10.1. The zero-order valence-electron chi connectivity index (χ0n) is 21.9. The molecule has 3 aromatic carbocycles. The number of aromatic nitrogens is 2. The second-order valence-corrected chi connectivity index (χ2v) is 10.1. The minimum atomic E-state index is 0.326. The molecule has 4 aromatic rings. The third-order valence-electron chi connectivity index (χ3n) is 7.53. The molecular formula is C32H40N4. The number of hydrogen-bond donors (Lipinski definition) is 0. The molecule has 0 saturated carbocycles. The monoisotopic (exact) mass is 480 g/mol. The quantitative estimate of drug-likeness (QED) is 0.264. The summed E-state index contributed by atoms with van der Waals surface area (Å²) in [5.74, 6) is 1.24. The molecule has 36 heavy (non-hydrogen) atoms. The van der Waals surface area contributed by atoms with Crippen LogP contribution in [0, 0.1) is 0 Å². The maximum Gasteiger partial charge on any atom is 0.109 e. The highest BCUT2D eigenvalue weighted by Gasteiger charge is 2.26. The Labute approximate surface area is 216 Å². The highest BCUT2D eigenvalue weighted by molar-refractivity contribution is 5.77. The molecule has 0 spiro atoms. The molecule has 0 atom stereocenters. The van der Waals surface area contributed by atoms with E-state index in [0.717, 1.165) is 65.0 Å². The molecule has 4 nitrogen and oxygen atoms in total. The van der Waals surface area contributed by atoms with Crippen molar-refractivity contribution >= 4 is 11.0 Å². The first kappa shape index (κ1) is 24.7. The average molecular weight is 481 g/mol. The van der Waals surface area contributed by atoms with Crippen molar-refractivity contribution in [2.75, 3.05) is 32.7 Å². The van der Waals surface area contributed by atoms with Crippen LogP contribution in [0.25, 0.3) is 11.0 Å². The van der Waals surface area contributed by atoms with Crippen LogP contribution < -0.4 is 0 Å². The van der Waals surface area contributed by atoms with Crippen LogP contribution in [0.1, 0.15) is 55.2 Å². The van der Waals surface area contributed by atoms with E-state index in [1.165, 1.54) is 33.5 Å². The molecular weight excluding hydrogens is 440 g/mol. The molecule has 0 amide bonds. The van der Waals surface area contributed by atoms with Gasteiger partial charge in [-0.25, -0.2) is 4.98 Å². The first-order chi connectivity index (χ1) is 17.8. The topological polar surface area (TPSA) is 24.3 Å². The Morgan fingerprint density at radius 1 is 0.722 bits per heavy atom. The normalized spacial score (nSPS) is 15.2. The summed E-state index contributed by atoms with van der Waals surface area (Å²) in [6.45, 7) is 11.1. The van der Waals surface area contributed by atoms with E-state index in [-0.39, 0.29) is 0 Å². The van der Waals surface area contributed by atoms with E-state index in [1.54, 1.807) is 0 Å². The minimum absolute atomic E-state index is 0.326. The third-order valence-corrected chi connectivity index (χ3v) is 7.53. The standard InChI is InChI=1S/C32H40N4/c1-3-11-31-33-29-25-26(16-17-30(29)36(31)19-4-2)18-20-34-21-23-35(24-22-34)32(27-12-7-5-8-13-27)28-14-9-6-10-15-28/h5-10,12-17,25,32H,3-4,11,18-24H2,1-2H3. The molecule has 1 aromatic heterocycles. The van der Waals surface area contributed by atoms with Gasteiger partial charge in [0.2, 0.25) is 0 Å². The molecule has 5 rings (SSSR count). The Balaban J connectivity index is 1.22. The van der Waals surface area contributed by atoms with Crippen LogP contribution in [-0.2, 0) is 19.4 Å². The van der Waals surface area contributed by atoms with E-state index in [9.17, 15) is 0 Å². The molecule has 1 aliphatic rings. The zero-order chi connectivity index (χ0) is 24.7. The average Bonchev–Trinajstić information content (AvgIpc) is 3.26. The molecule has 0 aliphatic carbocycles. The number of piperazine rings is 1. The van der Waals surface area contributed by atoms with Crippen molar-refractivity contribution in [2.45, 2.75) is 52.1 Å². The van der Waals surface area contributed by atoms with Crippen molar-refractivity contribution in [2.24, 2.45) is 0 Å². The van der Waals surface area contributed by atoms with E-state index >= 15 is 0 Å². The number of nitrogens with zero attached hydrogens (tertiary/aromatic N) is 4. The van der Waals surface area contributed by atoms with E-state index in [0.29, 0.717) is 6.04 Å². The lowest BCUT2D eigenvalue weighted by Crippen LogP contribution is -2.48. The van der Waals surface area contributed by atoms with Crippen LogP contribution in [0.2, 0.25) is 0 Å². The number of benzene rings is 3. The highest BCUT2D eigenvalue weighted by Crippen LogP contribution is 2.29. The van der Waals surface area contributed by atoms with Crippen molar-refractivity contribution in [3.63, 3.8) is 0 Å². The van der Waals surface area contributed by atoms with Crippen LogP contribution in [-0.4, -0.2) is 52.1 Å². The number of aryl methyl sites for hydroxylation is 2. The second kappa shape index (κ2) is 11.9. The molecule has 0 N–H and O–H groups in total. The van der Waals surface area contributed by atoms with Gasteiger partial charge in [-0.2, -0.15) is 0 Å². The van der Waals surface area contributed by atoms with Gasteiger partial charge in [0.25, 0.3) is 0 Å². The van der Waals surface area contributed by atoms with E-state index in [4.69, 9.17) is 4.98 Å². The lowest BCUT2D eigenvalue weighted by Gasteiger charge is -2.39. The fourth-order valence-electron chi connectivity index (χ4n) is 5.69. The van der Waals surface area contributed by atoms with E-state index in [2.05, 4.69) is 107 Å². The molecule has 1 aliphatic heterocycles. The van der Waals surface area contributed by atoms with Crippen molar-refractivity contribution in [3.8, 4) is 0 Å². The fraction of sp³-hybridized carbons (Fsp3) is 0.406. The molecule has 2 heterocycles. The lowest BCUT2D eigenvalue weighted by molar-refractivity contribution is 0.110. The summed E-state index contributed by atoms with van der Waals surface area (Å²) in [5.41, 5.74) is 6.64. The van der Waals surface area contributed by atoms with E-state index < -0.39 is 0 Å². The van der Waals surface area contributed by atoms with Gasteiger partial charge < -0.3 is 9.47 Å². The Bertz CT molecular complexity index is 1180. The van der Waals surface area contributed by atoms with Gasteiger partial charge in [0.05, 0.1) is 17.1 Å². The predicted molar refractivity (Wildman–Crippen MR) is 150 cm³/mol. The van der Waals surface area contributed by atoms with Gasteiger partial charge in [0.15, 0.2) is 0 Å². The number of hydrogen-bond acceptors (Lipinski definition) is 3. The SMILES string of the molecule is CCCc1nc2cc(CCN3CCN(C(c4ccccc4)c4ccccc4)CC3)ccc2n1CCC. The van der Waals surface area contributed by atoms with Crippen LogP contribution in [0.5, 0.6) is 0 Å². The number of fused-ring (bicyclic) bond motifs is 1. The highest BCUT2D eigenvalue weighted by atomic mass is 15.3. The Kier molecular flexibility index (Phi) is 8.15. The maximum atomic E-state index is 5.01. The molecule has 1 fully saturated rings. The predicted octanol–water partition coefficient (Wildman–Crippen LogP) is 6.35. The lowest BCUT2D eigenvalue weighted by atomic mass is 9.96. The summed E-state index contributed by atoms with van der Waals surface area (Å²) in [5, 5.41) is 0. The van der Waals surface area contributed by atoms with Gasteiger partial charge in [-0.15, -0.1) is 0 Å². The van der Waals surface area contributed by atoms with Crippen LogP contribution >= 0.6 is 0 Å². The third kappa shape index (κ3) is 5.55. The summed E-state index contributed by atoms with van der Waals surface area (Å²) >= 11 is 0.